The minimum Gasteiger partial charge on any atom is -0.322 e. The van der Waals surface area contributed by atoms with Crippen molar-refractivity contribution in [3.63, 3.8) is 0 Å². The van der Waals surface area contributed by atoms with Crippen molar-refractivity contribution < 1.29 is 28.0 Å². The third-order valence-electron chi connectivity index (χ3n) is 5.57. The number of hydrogen-bond donors (Lipinski definition) is 1. The standard InChI is InChI=1S/C22H19F2N3O4/c23-22(24,17-3-1-2-10-25-17)18(28)8-5-13-4-6-15-14(11-13)12-27(21(15)31)16-7-9-19(29)26-20(16)30/h1-4,6,10-11,16H,5,7-9,12H2,(H,26,29,30). The first-order chi connectivity index (χ1) is 14.8. The number of alkyl halides is 2. The number of aromatic nitrogens is 1. The van der Waals surface area contributed by atoms with Crippen molar-refractivity contribution in [3.05, 3.63) is 65.0 Å². The molecule has 9 heteroatoms. The predicted molar refractivity (Wildman–Crippen MR) is 104 cm³/mol. The molecule has 3 heterocycles. The van der Waals surface area contributed by atoms with Crippen LogP contribution >= 0.6 is 0 Å². The van der Waals surface area contributed by atoms with Gasteiger partial charge in [0, 0.05) is 31.1 Å². The molecule has 31 heavy (non-hydrogen) atoms. The molecule has 4 rings (SSSR count). The highest BCUT2D eigenvalue weighted by molar-refractivity contribution is 6.05. The maximum Gasteiger partial charge on any atom is 0.346 e. The predicted octanol–water partition coefficient (Wildman–Crippen LogP) is 2.14. The molecule has 0 aliphatic carbocycles. The van der Waals surface area contributed by atoms with Crippen molar-refractivity contribution in [1.82, 2.24) is 15.2 Å². The summed E-state index contributed by atoms with van der Waals surface area (Å²) in [5, 5.41) is 2.24. The number of Topliss-reactive ketones (excluding diaryl/α,β-unsaturated/α-hetero) is 1. The number of pyridine rings is 1. The van der Waals surface area contributed by atoms with Gasteiger partial charge in [-0.05, 0) is 42.2 Å². The maximum atomic E-state index is 14.3. The van der Waals surface area contributed by atoms with Crippen LogP contribution in [0.15, 0.2) is 42.6 Å². The first kappa shape index (κ1) is 20.8. The first-order valence-electron chi connectivity index (χ1n) is 9.86. The lowest BCUT2D eigenvalue weighted by atomic mass is 9.99. The number of nitrogens with zero attached hydrogens (tertiary/aromatic N) is 2. The van der Waals surface area contributed by atoms with E-state index in [1.807, 2.05) is 0 Å². The Balaban J connectivity index is 1.43. The zero-order valence-electron chi connectivity index (χ0n) is 16.4. The summed E-state index contributed by atoms with van der Waals surface area (Å²) in [6.07, 6.45) is 1.33. The number of fused-ring (bicyclic) bond motifs is 1. The van der Waals surface area contributed by atoms with Crippen molar-refractivity contribution in [2.45, 2.75) is 44.2 Å². The molecule has 2 aliphatic rings. The van der Waals surface area contributed by atoms with Gasteiger partial charge >= 0.3 is 5.92 Å². The van der Waals surface area contributed by atoms with E-state index in [0.717, 1.165) is 6.07 Å². The summed E-state index contributed by atoms with van der Waals surface area (Å²) in [7, 11) is 0. The molecule has 160 valence electrons. The lowest BCUT2D eigenvalue weighted by Gasteiger charge is -2.29. The van der Waals surface area contributed by atoms with Gasteiger partial charge in [-0.1, -0.05) is 18.2 Å². The van der Waals surface area contributed by atoms with Gasteiger partial charge in [0.15, 0.2) is 0 Å². The Kier molecular flexibility index (Phi) is 5.34. The smallest absolute Gasteiger partial charge is 0.322 e. The van der Waals surface area contributed by atoms with Crippen LogP contribution in [-0.4, -0.2) is 39.4 Å². The number of carbonyl (C=O) groups is 4. The van der Waals surface area contributed by atoms with Gasteiger partial charge < -0.3 is 4.90 Å². The van der Waals surface area contributed by atoms with Crippen molar-refractivity contribution in [2.24, 2.45) is 0 Å². The second-order valence-electron chi connectivity index (χ2n) is 7.60. The Labute approximate surface area is 176 Å². The quantitative estimate of drug-likeness (QED) is 0.713. The number of aryl methyl sites for hydroxylation is 1. The van der Waals surface area contributed by atoms with Crippen LogP contribution in [-0.2, 0) is 33.3 Å². The number of rotatable bonds is 6. The van der Waals surface area contributed by atoms with Crippen LogP contribution in [0.4, 0.5) is 8.78 Å². The first-order valence-corrected chi connectivity index (χ1v) is 9.86. The second-order valence-corrected chi connectivity index (χ2v) is 7.60. The minimum absolute atomic E-state index is 0.0845. The van der Waals surface area contributed by atoms with Crippen LogP contribution < -0.4 is 5.32 Å². The summed E-state index contributed by atoms with van der Waals surface area (Å²) in [4.78, 5) is 53.3. The largest absolute Gasteiger partial charge is 0.346 e. The van der Waals surface area contributed by atoms with E-state index in [0.29, 0.717) is 16.7 Å². The summed E-state index contributed by atoms with van der Waals surface area (Å²) >= 11 is 0. The van der Waals surface area contributed by atoms with Crippen molar-refractivity contribution in [1.29, 1.82) is 0 Å². The fraction of sp³-hybridized carbons (Fsp3) is 0.318. The fourth-order valence-electron chi connectivity index (χ4n) is 3.89. The molecule has 0 spiro atoms. The number of imide groups is 1. The summed E-state index contributed by atoms with van der Waals surface area (Å²) in [6.45, 7) is 0.187. The number of benzene rings is 1. The molecule has 3 amide bonds. The average Bonchev–Trinajstić information content (AvgIpc) is 3.08. The van der Waals surface area contributed by atoms with Gasteiger partial charge in [0.25, 0.3) is 5.91 Å². The van der Waals surface area contributed by atoms with Gasteiger partial charge in [0.1, 0.15) is 11.7 Å². The van der Waals surface area contributed by atoms with E-state index in [2.05, 4.69) is 10.3 Å². The molecule has 1 unspecified atom stereocenters. The number of carbonyl (C=O) groups excluding carboxylic acids is 4. The van der Waals surface area contributed by atoms with Crippen LogP contribution in [0.5, 0.6) is 0 Å². The molecule has 0 bridgehead atoms. The molecule has 2 aromatic rings. The van der Waals surface area contributed by atoms with Crippen LogP contribution in [0.25, 0.3) is 0 Å². The van der Waals surface area contributed by atoms with E-state index in [1.165, 1.54) is 23.2 Å². The molecule has 1 saturated heterocycles. The van der Waals surface area contributed by atoms with Crippen LogP contribution in [0.3, 0.4) is 0 Å². The lowest BCUT2D eigenvalue weighted by Crippen LogP contribution is -2.52. The van der Waals surface area contributed by atoms with Crippen LogP contribution in [0.2, 0.25) is 0 Å². The maximum absolute atomic E-state index is 14.3. The average molecular weight is 427 g/mol. The van der Waals surface area contributed by atoms with E-state index >= 15 is 0 Å². The van der Waals surface area contributed by atoms with Crippen molar-refractivity contribution >= 4 is 23.5 Å². The zero-order valence-corrected chi connectivity index (χ0v) is 16.4. The van der Waals surface area contributed by atoms with Gasteiger partial charge in [-0.25, -0.2) is 0 Å². The highest BCUT2D eigenvalue weighted by Gasteiger charge is 2.41. The number of piperidine rings is 1. The lowest BCUT2D eigenvalue weighted by molar-refractivity contribution is -0.145. The van der Waals surface area contributed by atoms with Gasteiger partial charge in [-0.2, -0.15) is 8.78 Å². The molecular formula is C22H19F2N3O4. The Morgan fingerprint density at radius 3 is 2.71 bits per heavy atom. The second kappa shape index (κ2) is 7.98. The van der Waals surface area contributed by atoms with Gasteiger partial charge in [0.05, 0.1) is 0 Å². The topological polar surface area (TPSA) is 96.4 Å². The monoisotopic (exact) mass is 427 g/mol. The Morgan fingerprint density at radius 2 is 2.00 bits per heavy atom. The van der Waals surface area contributed by atoms with Gasteiger partial charge in [-0.3, -0.25) is 29.5 Å². The number of ketones is 1. The van der Waals surface area contributed by atoms with E-state index in [4.69, 9.17) is 0 Å². The minimum atomic E-state index is -3.67. The van der Waals surface area contributed by atoms with E-state index < -0.39 is 29.3 Å². The van der Waals surface area contributed by atoms with E-state index in [-0.39, 0.29) is 44.0 Å². The molecule has 1 aromatic heterocycles. The highest BCUT2D eigenvalue weighted by Crippen LogP contribution is 2.31. The SMILES string of the molecule is O=C1CCC(N2Cc3cc(CCC(=O)C(F)(F)c4ccccn4)ccc3C2=O)C(=O)N1. The van der Waals surface area contributed by atoms with Crippen LogP contribution in [0.1, 0.15) is 46.4 Å². The molecular weight excluding hydrogens is 408 g/mol. The molecule has 1 fully saturated rings. The summed E-state index contributed by atoms with van der Waals surface area (Å²) in [5.41, 5.74) is 1.15. The Hall–Kier alpha value is -3.49. The highest BCUT2D eigenvalue weighted by atomic mass is 19.3. The summed E-state index contributed by atoms with van der Waals surface area (Å²) < 4.78 is 28.6. The molecule has 0 saturated carbocycles. The third kappa shape index (κ3) is 3.95. The van der Waals surface area contributed by atoms with Crippen molar-refractivity contribution in [3.8, 4) is 0 Å². The van der Waals surface area contributed by atoms with Gasteiger partial charge in [-0.15, -0.1) is 0 Å². The Bertz CT molecular complexity index is 1070. The molecule has 1 N–H and O–H groups in total. The van der Waals surface area contributed by atoms with E-state index in [1.54, 1.807) is 18.2 Å². The Morgan fingerprint density at radius 1 is 1.19 bits per heavy atom. The molecule has 2 aliphatic heterocycles. The summed E-state index contributed by atoms with van der Waals surface area (Å²) in [5.74, 6) is -6.07. The molecule has 1 atom stereocenters. The number of halogens is 2. The molecule has 0 radical (unpaired) electrons. The normalized spacial score (nSPS) is 18.7. The number of nitrogens with one attached hydrogen (secondary N) is 1. The van der Waals surface area contributed by atoms with Crippen LogP contribution in [0, 0.1) is 0 Å². The van der Waals surface area contributed by atoms with Gasteiger partial charge in [0.2, 0.25) is 17.6 Å². The third-order valence-corrected chi connectivity index (χ3v) is 5.57. The number of hydrogen-bond acceptors (Lipinski definition) is 5. The summed E-state index contributed by atoms with van der Waals surface area (Å²) in [6, 6.07) is 8.19. The van der Waals surface area contributed by atoms with E-state index in [9.17, 15) is 28.0 Å². The molecule has 7 nitrogen and oxygen atoms in total. The zero-order chi connectivity index (χ0) is 22.2. The molecule has 1 aromatic carbocycles. The number of amides is 3. The fourth-order valence-corrected chi connectivity index (χ4v) is 3.89. The van der Waals surface area contributed by atoms with Crippen molar-refractivity contribution in [2.75, 3.05) is 0 Å².